The lowest BCUT2D eigenvalue weighted by Crippen LogP contribution is -2.40. The molecule has 0 atom stereocenters. The Kier molecular flexibility index (Phi) is 4.16. The van der Waals surface area contributed by atoms with Gasteiger partial charge in [0, 0.05) is 24.7 Å². The summed E-state index contributed by atoms with van der Waals surface area (Å²) in [6.07, 6.45) is 3.52. The van der Waals surface area contributed by atoms with Gasteiger partial charge in [-0.15, -0.1) is 11.6 Å². The molecule has 2 rings (SSSR count). The van der Waals surface area contributed by atoms with Gasteiger partial charge < -0.3 is 4.90 Å². The van der Waals surface area contributed by atoms with Crippen LogP contribution in [0.1, 0.15) is 44.9 Å². The van der Waals surface area contributed by atoms with Crippen molar-refractivity contribution in [1.82, 2.24) is 4.98 Å². The Morgan fingerprint density at radius 2 is 2.17 bits per heavy atom. The Morgan fingerprint density at radius 3 is 2.78 bits per heavy atom. The third-order valence-electron chi connectivity index (χ3n) is 3.67. The fourth-order valence-corrected chi connectivity index (χ4v) is 2.83. The number of hydrogen-bond donors (Lipinski definition) is 0. The molecular formula is C15H23ClN2. The lowest BCUT2D eigenvalue weighted by molar-refractivity contribution is 0.292. The van der Waals surface area contributed by atoms with Crippen molar-refractivity contribution in [3.05, 3.63) is 23.4 Å². The average molecular weight is 267 g/mol. The minimum Gasteiger partial charge on any atom is -0.356 e. The first-order valence-electron chi connectivity index (χ1n) is 6.85. The Morgan fingerprint density at radius 1 is 1.39 bits per heavy atom. The quantitative estimate of drug-likeness (QED) is 0.769. The molecule has 1 saturated heterocycles. The number of nitrogens with zero attached hydrogens (tertiary/aromatic N) is 2. The van der Waals surface area contributed by atoms with E-state index < -0.39 is 0 Å². The zero-order valence-corrected chi connectivity index (χ0v) is 12.4. The molecule has 1 fully saturated rings. The second-order valence-corrected chi connectivity index (χ2v) is 6.27. The molecule has 0 amide bonds. The third-order valence-corrected chi connectivity index (χ3v) is 3.97. The number of alkyl halides is 1. The molecule has 1 aromatic rings. The van der Waals surface area contributed by atoms with Gasteiger partial charge in [0.2, 0.25) is 0 Å². The number of hydrogen-bond acceptors (Lipinski definition) is 2. The number of rotatable bonds is 3. The van der Waals surface area contributed by atoms with Gasteiger partial charge in [0.05, 0.1) is 0 Å². The van der Waals surface area contributed by atoms with Crippen LogP contribution >= 0.6 is 11.6 Å². The van der Waals surface area contributed by atoms with E-state index in [1.165, 1.54) is 18.4 Å². The average Bonchev–Trinajstić information content (AvgIpc) is 2.37. The molecule has 2 nitrogen and oxygen atoms in total. The van der Waals surface area contributed by atoms with Gasteiger partial charge in [-0.3, -0.25) is 0 Å². The number of halogens is 1. The van der Waals surface area contributed by atoms with Crippen LogP contribution in [0, 0.1) is 5.41 Å². The minimum absolute atomic E-state index is 0.392. The lowest BCUT2D eigenvalue weighted by atomic mass is 9.84. The summed E-state index contributed by atoms with van der Waals surface area (Å²) < 4.78 is 0. The van der Waals surface area contributed by atoms with Crippen molar-refractivity contribution in [2.45, 2.75) is 45.9 Å². The highest BCUT2D eigenvalue weighted by Gasteiger charge is 2.27. The van der Waals surface area contributed by atoms with Crippen molar-refractivity contribution < 1.29 is 0 Å². The van der Waals surface area contributed by atoms with Crippen LogP contribution in [0.15, 0.2) is 12.1 Å². The largest absolute Gasteiger partial charge is 0.356 e. The van der Waals surface area contributed by atoms with Crippen LogP contribution in [0.25, 0.3) is 0 Å². The van der Waals surface area contributed by atoms with Gasteiger partial charge in [-0.05, 0) is 42.4 Å². The van der Waals surface area contributed by atoms with Gasteiger partial charge in [0.1, 0.15) is 5.82 Å². The Hall–Kier alpha value is -0.760. The molecular weight excluding hydrogens is 244 g/mol. The van der Waals surface area contributed by atoms with Gasteiger partial charge in [-0.2, -0.15) is 0 Å². The maximum absolute atomic E-state index is 5.98. The fraction of sp³-hybridized carbons (Fsp3) is 0.667. The molecule has 0 spiro atoms. The van der Waals surface area contributed by atoms with E-state index in [2.05, 4.69) is 37.8 Å². The molecule has 0 unspecified atom stereocenters. The summed E-state index contributed by atoms with van der Waals surface area (Å²) in [4.78, 5) is 7.17. The molecule has 100 valence electrons. The maximum atomic E-state index is 5.98. The maximum Gasteiger partial charge on any atom is 0.129 e. The van der Waals surface area contributed by atoms with E-state index in [1.54, 1.807) is 0 Å². The van der Waals surface area contributed by atoms with Gasteiger partial charge >= 0.3 is 0 Å². The Labute approximate surface area is 115 Å². The molecule has 3 heteroatoms. The topological polar surface area (TPSA) is 16.1 Å². The van der Waals surface area contributed by atoms with Crippen molar-refractivity contribution in [1.29, 1.82) is 0 Å². The highest BCUT2D eigenvalue weighted by Crippen LogP contribution is 2.31. The predicted octanol–water partition coefficient (Wildman–Crippen LogP) is 4.01. The second-order valence-electron chi connectivity index (χ2n) is 6.00. The van der Waals surface area contributed by atoms with Crippen molar-refractivity contribution in [3.8, 4) is 0 Å². The summed E-state index contributed by atoms with van der Waals surface area (Å²) in [5.41, 5.74) is 2.72. The predicted molar refractivity (Wildman–Crippen MR) is 78.4 cm³/mol. The highest BCUT2D eigenvalue weighted by atomic mass is 35.5. The summed E-state index contributed by atoms with van der Waals surface area (Å²) in [5, 5.41) is 0. The zero-order valence-electron chi connectivity index (χ0n) is 11.7. The van der Waals surface area contributed by atoms with E-state index in [0.717, 1.165) is 31.0 Å². The monoisotopic (exact) mass is 266 g/mol. The van der Waals surface area contributed by atoms with Crippen molar-refractivity contribution in [2.75, 3.05) is 18.0 Å². The summed E-state index contributed by atoms with van der Waals surface area (Å²) in [7, 11) is 0. The van der Waals surface area contributed by atoms with Crippen LogP contribution < -0.4 is 4.90 Å². The molecule has 0 aliphatic carbocycles. The summed E-state index contributed by atoms with van der Waals surface area (Å²) >= 11 is 5.98. The second kappa shape index (κ2) is 5.48. The Balaban J connectivity index is 2.26. The van der Waals surface area contributed by atoms with E-state index in [9.17, 15) is 0 Å². The van der Waals surface area contributed by atoms with Crippen LogP contribution in [-0.4, -0.2) is 18.1 Å². The summed E-state index contributed by atoms with van der Waals surface area (Å²) in [6, 6.07) is 4.26. The van der Waals surface area contributed by atoms with Crippen molar-refractivity contribution >= 4 is 17.4 Å². The van der Waals surface area contributed by atoms with Crippen LogP contribution in [0.3, 0.4) is 0 Å². The smallest absolute Gasteiger partial charge is 0.129 e. The fourth-order valence-electron chi connectivity index (χ4n) is 2.67. The molecule has 2 heterocycles. The lowest BCUT2D eigenvalue weighted by Gasteiger charge is -2.39. The van der Waals surface area contributed by atoms with Crippen molar-refractivity contribution in [3.63, 3.8) is 0 Å². The molecule has 18 heavy (non-hydrogen) atoms. The summed E-state index contributed by atoms with van der Waals surface area (Å²) in [5.74, 6) is 1.68. The molecule has 0 radical (unpaired) electrons. The summed E-state index contributed by atoms with van der Waals surface area (Å²) in [6.45, 7) is 9.03. The van der Waals surface area contributed by atoms with Crippen molar-refractivity contribution in [2.24, 2.45) is 5.41 Å². The molecule has 1 aromatic heterocycles. The number of piperidine rings is 1. The standard InChI is InChI=1S/C15H23ClN2/c1-4-13-8-12(10-16)9-14(17-13)18-7-5-6-15(2,3)11-18/h8-9H,4-7,10-11H2,1-3H3. The van der Waals surface area contributed by atoms with E-state index in [-0.39, 0.29) is 0 Å². The van der Waals surface area contributed by atoms with Crippen LogP contribution in [-0.2, 0) is 12.3 Å². The number of anilines is 1. The molecule has 1 aliphatic rings. The van der Waals surface area contributed by atoms with Gasteiger partial charge in [0.15, 0.2) is 0 Å². The first kappa shape index (κ1) is 13.7. The van der Waals surface area contributed by atoms with E-state index in [0.29, 0.717) is 11.3 Å². The molecule has 0 N–H and O–H groups in total. The third kappa shape index (κ3) is 3.17. The molecule has 0 saturated carbocycles. The van der Waals surface area contributed by atoms with Gasteiger partial charge in [-0.25, -0.2) is 4.98 Å². The minimum atomic E-state index is 0.392. The highest BCUT2D eigenvalue weighted by molar-refractivity contribution is 6.17. The van der Waals surface area contributed by atoms with Crippen LogP contribution in [0.4, 0.5) is 5.82 Å². The van der Waals surface area contributed by atoms with E-state index in [4.69, 9.17) is 16.6 Å². The van der Waals surface area contributed by atoms with Crippen LogP contribution in [0.2, 0.25) is 0 Å². The first-order chi connectivity index (χ1) is 8.54. The van der Waals surface area contributed by atoms with E-state index in [1.807, 2.05) is 0 Å². The number of aryl methyl sites for hydroxylation is 1. The first-order valence-corrected chi connectivity index (χ1v) is 7.38. The van der Waals surface area contributed by atoms with E-state index >= 15 is 0 Å². The molecule has 0 bridgehead atoms. The van der Waals surface area contributed by atoms with Gasteiger partial charge in [0.25, 0.3) is 0 Å². The van der Waals surface area contributed by atoms with Gasteiger partial charge in [-0.1, -0.05) is 20.8 Å². The zero-order chi connectivity index (χ0) is 13.2. The van der Waals surface area contributed by atoms with Crippen LogP contribution in [0.5, 0.6) is 0 Å². The number of aromatic nitrogens is 1. The normalized spacial score (nSPS) is 19.0. The molecule has 0 aromatic carbocycles. The SMILES string of the molecule is CCc1cc(CCl)cc(N2CCCC(C)(C)C2)n1. The Bertz CT molecular complexity index is 393. The number of pyridine rings is 1. The molecule has 1 aliphatic heterocycles.